The van der Waals surface area contributed by atoms with Crippen LogP contribution in [0.3, 0.4) is 0 Å². The van der Waals surface area contributed by atoms with Crippen LogP contribution in [0.5, 0.6) is 5.75 Å². The van der Waals surface area contributed by atoms with Gasteiger partial charge < -0.3 is 15.4 Å². The summed E-state index contributed by atoms with van der Waals surface area (Å²) >= 11 is 1.51. The highest BCUT2D eigenvalue weighted by atomic mass is 32.2. The molecule has 0 fully saturated rings. The molecule has 17 heavy (non-hydrogen) atoms. The molecule has 0 saturated heterocycles. The Hall–Kier alpha value is -1.20. The van der Waals surface area contributed by atoms with Crippen molar-refractivity contribution in [3.8, 4) is 5.75 Å². The molecule has 1 aromatic rings. The number of fused-ring (bicyclic) bond motifs is 1. The Morgan fingerprint density at radius 1 is 1.59 bits per heavy atom. The van der Waals surface area contributed by atoms with Crippen LogP contribution in [0.4, 0.5) is 5.69 Å². The third-order valence-electron chi connectivity index (χ3n) is 2.47. The molecule has 0 spiro atoms. The molecular formula is C12H16N2O2S. The fourth-order valence-corrected chi connectivity index (χ4v) is 2.05. The summed E-state index contributed by atoms with van der Waals surface area (Å²) in [6.45, 7) is 2.32. The normalized spacial score (nSPS) is 14.4. The Balaban J connectivity index is 2.09. The van der Waals surface area contributed by atoms with Crippen molar-refractivity contribution in [3.63, 3.8) is 0 Å². The third-order valence-corrected chi connectivity index (χ3v) is 3.02. The molecule has 0 aliphatic carbocycles. The van der Waals surface area contributed by atoms with Crippen LogP contribution in [0.25, 0.3) is 0 Å². The van der Waals surface area contributed by atoms with Gasteiger partial charge in [-0.25, -0.2) is 0 Å². The number of ether oxygens (including phenoxy) is 1. The van der Waals surface area contributed by atoms with Crippen LogP contribution in [0, 0.1) is 0 Å². The number of carbonyl (C=O) groups is 1. The molecule has 92 valence electrons. The minimum absolute atomic E-state index is 0.0277. The lowest BCUT2D eigenvalue weighted by atomic mass is 10.1. The van der Waals surface area contributed by atoms with Gasteiger partial charge in [0.1, 0.15) is 12.4 Å². The maximum atomic E-state index is 11.5. The SMILES string of the molecule is CSCC(=O)Nc1ccc2c(c1)CNCCO2. The van der Waals surface area contributed by atoms with E-state index in [1.165, 1.54) is 11.8 Å². The van der Waals surface area contributed by atoms with Crippen LogP contribution in [-0.4, -0.2) is 31.1 Å². The standard InChI is InChI=1S/C12H16N2O2S/c1-17-8-12(15)14-10-2-3-11-9(6-10)7-13-4-5-16-11/h2-3,6,13H,4-5,7-8H2,1H3,(H,14,15). The summed E-state index contributed by atoms with van der Waals surface area (Å²) in [6, 6.07) is 5.76. The number of benzene rings is 1. The summed E-state index contributed by atoms with van der Waals surface area (Å²) in [4.78, 5) is 11.5. The van der Waals surface area contributed by atoms with Crippen molar-refractivity contribution >= 4 is 23.4 Å². The van der Waals surface area contributed by atoms with Crippen molar-refractivity contribution in [2.24, 2.45) is 0 Å². The largest absolute Gasteiger partial charge is 0.492 e. The summed E-state index contributed by atoms with van der Waals surface area (Å²) in [5.74, 6) is 1.41. The summed E-state index contributed by atoms with van der Waals surface area (Å²) < 4.78 is 5.58. The number of thioether (sulfide) groups is 1. The van der Waals surface area contributed by atoms with Crippen molar-refractivity contribution in [1.29, 1.82) is 0 Å². The number of carbonyl (C=O) groups excluding carboxylic acids is 1. The maximum absolute atomic E-state index is 11.5. The summed E-state index contributed by atoms with van der Waals surface area (Å²) in [7, 11) is 0. The van der Waals surface area contributed by atoms with Gasteiger partial charge in [-0.15, -0.1) is 0 Å². The Kier molecular flexibility index (Phi) is 4.28. The van der Waals surface area contributed by atoms with Gasteiger partial charge in [0, 0.05) is 24.3 Å². The predicted octanol–water partition coefficient (Wildman–Crippen LogP) is 1.47. The monoisotopic (exact) mass is 252 g/mol. The smallest absolute Gasteiger partial charge is 0.234 e. The summed E-state index contributed by atoms with van der Waals surface area (Å²) in [6.07, 6.45) is 1.91. The molecule has 0 aromatic heterocycles. The molecule has 5 heteroatoms. The first-order chi connectivity index (χ1) is 8.29. The average Bonchev–Trinajstić information content (AvgIpc) is 2.53. The van der Waals surface area contributed by atoms with Crippen LogP contribution in [-0.2, 0) is 11.3 Å². The van der Waals surface area contributed by atoms with Crippen molar-refractivity contribution in [2.45, 2.75) is 6.54 Å². The van der Waals surface area contributed by atoms with Gasteiger partial charge in [0.05, 0.1) is 5.75 Å². The number of anilines is 1. The van der Waals surface area contributed by atoms with Crippen molar-refractivity contribution in [2.75, 3.05) is 30.5 Å². The Morgan fingerprint density at radius 3 is 3.29 bits per heavy atom. The van der Waals surface area contributed by atoms with Gasteiger partial charge in [-0.05, 0) is 24.5 Å². The molecule has 2 rings (SSSR count). The van der Waals surface area contributed by atoms with Gasteiger partial charge in [-0.2, -0.15) is 11.8 Å². The minimum atomic E-state index is 0.0277. The number of nitrogens with one attached hydrogen (secondary N) is 2. The molecule has 0 bridgehead atoms. The van der Waals surface area contributed by atoms with Crippen LogP contribution in [0.2, 0.25) is 0 Å². The van der Waals surface area contributed by atoms with Gasteiger partial charge in [0.25, 0.3) is 0 Å². The van der Waals surface area contributed by atoms with Crippen molar-refractivity contribution in [3.05, 3.63) is 23.8 Å². The third kappa shape index (κ3) is 3.38. The van der Waals surface area contributed by atoms with Gasteiger partial charge >= 0.3 is 0 Å². The molecular weight excluding hydrogens is 236 g/mol. The highest BCUT2D eigenvalue weighted by molar-refractivity contribution is 7.99. The van der Waals surface area contributed by atoms with Crippen LogP contribution in [0.15, 0.2) is 18.2 Å². The first kappa shape index (κ1) is 12.3. The van der Waals surface area contributed by atoms with E-state index >= 15 is 0 Å². The van der Waals surface area contributed by atoms with Gasteiger partial charge in [-0.3, -0.25) is 4.79 Å². The molecule has 1 heterocycles. The zero-order chi connectivity index (χ0) is 12.1. The fourth-order valence-electron chi connectivity index (χ4n) is 1.72. The fraction of sp³-hybridized carbons (Fsp3) is 0.417. The minimum Gasteiger partial charge on any atom is -0.492 e. The Bertz CT molecular complexity index is 409. The van der Waals surface area contributed by atoms with E-state index in [1.54, 1.807) is 0 Å². The second-order valence-corrected chi connectivity index (χ2v) is 4.69. The molecule has 1 aromatic carbocycles. The molecule has 2 N–H and O–H groups in total. The van der Waals surface area contributed by atoms with E-state index in [1.807, 2.05) is 24.5 Å². The second kappa shape index (κ2) is 5.93. The molecule has 4 nitrogen and oxygen atoms in total. The van der Waals surface area contributed by atoms with Crippen LogP contribution >= 0.6 is 11.8 Å². The van der Waals surface area contributed by atoms with Crippen molar-refractivity contribution in [1.82, 2.24) is 5.32 Å². The van der Waals surface area contributed by atoms with E-state index in [0.29, 0.717) is 12.4 Å². The first-order valence-corrected chi connectivity index (χ1v) is 6.94. The quantitative estimate of drug-likeness (QED) is 0.855. The van der Waals surface area contributed by atoms with Gasteiger partial charge in [-0.1, -0.05) is 0 Å². The van der Waals surface area contributed by atoms with Crippen LogP contribution in [0.1, 0.15) is 5.56 Å². The van der Waals surface area contributed by atoms with Crippen molar-refractivity contribution < 1.29 is 9.53 Å². The second-order valence-electron chi connectivity index (χ2n) is 3.83. The molecule has 1 aliphatic heterocycles. The molecule has 0 unspecified atom stereocenters. The van der Waals surface area contributed by atoms with E-state index in [9.17, 15) is 4.79 Å². The van der Waals surface area contributed by atoms with E-state index in [2.05, 4.69) is 10.6 Å². The Labute approximate surface area is 105 Å². The summed E-state index contributed by atoms with van der Waals surface area (Å²) in [5, 5.41) is 6.14. The predicted molar refractivity (Wildman–Crippen MR) is 70.7 cm³/mol. The van der Waals surface area contributed by atoms with E-state index in [4.69, 9.17) is 4.74 Å². The number of hydrogen-bond acceptors (Lipinski definition) is 4. The molecule has 0 radical (unpaired) electrons. The lowest BCUT2D eigenvalue weighted by Crippen LogP contribution is -2.16. The van der Waals surface area contributed by atoms with Crippen LogP contribution < -0.4 is 15.4 Å². The zero-order valence-corrected chi connectivity index (χ0v) is 10.6. The number of hydrogen-bond donors (Lipinski definition) is 2. The highest BCUT2D eigenvalue weighted by Gasteiger charge is 2.09. The van der Waals surface area contributed by atoms with Gasteiger partial charge in [0.2, 0.25) is 5.91 Å². The average molecular weight is 252 g/mol. The zero-order valence-electron chi connectivity index (χ0n) is 9.79. The maximum Gasteiger partial charge on any atom is 0.234 e. The number of rotatable bonds is 3. The van der Waals surface area contributed by atoms with E-state index < -0.39 is 0 Å². The molecule has 1 amide bonds. The lowest BCUT2D eigenvalue weighted by molar-refractivity contribution is -0.113. The molecule has 0 atom stereocenters. The van der Waals surface area contributed by atoms with E-state index in [0.717, 1.165) is 30.1 Å². The topological polar surface area (TPSA) is 50.4 Å². The Morgan fingerprint density at radius 2 is 2.47 bits per heavy atom. The summed E-state index contributed by atoms with van der Waals surface area (Å²) in [5.41, 5.74) is 1.92. The first-order valence-electron chi connectivity index (χ1n) is 5.55. The molecule has 0 saturated carbocycles. The highest BCUT2D eigenvalue weighted by Crippen LogP contribution is 2.24. The number of amides is 1. The molecule has 1 aliphatic rings. The van der Waals surface area contributed by atoms with E-state index in [-0.39, 0.29) is 5.91 Å². The lowest BCUT2D eigenvalue weighted by Gasteiger charge is -2.09. The van der Waals surface area contributed by atoms with Gasteiger partial charge in [0.15, 0.2) is 0 Å².